The summed E-state index contributed by atoms with van der Waals surface area (Å²) >= 11 is 5.85. The number of rotatable bonds is 8. The summed E-state index contributed by atoms with van der Waals surface area (Å²) in [4.78, 5) is 17.2. The Hall–Kier alpha value is -1.74. The topological polar surface area (TPSA) is 23.6 Å². The van der Waals surface area contributed by atoms with E-state index in [1.807, 2.05) is 37.0 Å². The minimum Gasteiger partial charge on any atom is -0.367 e. The van der Waals surface area contributed by atoms with E-state index >= 15 is 0 Å². The van der Waals surface area contributed by atoms with Crippen LogP contribution in [0.5, 0.6) is 0 Å². The first-order chi connectivity index (χ1) is 12.9. The van der Waals surface area contributed by atoms with Gasteiger partial charge in [-0.05, 0) is 52.0 Å². The summed E-state index contributed by atoms with van der Waals surface area (Å²) in [7, 11) is 0. The van der Waals surface area contributed by atoms with Gasteiger partial charge in [0.1, 0.15) is 0 Å². The van der Waals surface area contributed by atoms with E-state index in [4.69, 9.17) is 11.6 Å². The highest BCUT2D eigenvalue weighted by Gasteiger charge is 2.30. The van der Waals surface area contributed by atoms with Gasteiger partial charge in [-0.1, -0.05) is 48.1 Å². The number of allylic oxidation sites excluding steroid dienone is 6. The summed E-state index contributed by atoms with van der Waals surface area (Å²) in [5, 5.41) is 0.762. The third-order valence-electron chi connectivity index (χ3n) is 5.37. The number of nitrogens with zero attached hydrogens (tertiary/aromatic N) is 2. The lowest BCUT2D eigenvalue weighted by Crippen LogP contribution is -2.44. The van der Waals surface area contributed by atoms with Crippen molar-refractivity contribution >= 4 is 17.5 Å². The number of amides is 1. The zero-order valence-electron chi connectivity index (χ0n) is 16.8. The summed E-state index contributed by atoms with van der Waals surface area (Å²) < 4.78 is 0. The zero-order valence-corrected chi connectivity index (χ0v) is 17.5. The molecule has 2 aliphatic rings. The number of halogens is 1. The van der Waals surface area contributed by atoms with E-state index in [0.717, 1.165) is 55.1 Å². The minimum absolute atomic E-state index is 0.0784. The van der Waals surface area contributed by atoms with Crippen molar-refractivity contribution < 1.29 is 4.79 Å². The van der Waals surface area contributed by atoms with Gasteiger partial charge in [-0.3, -0.25) is 4.79 Å². The summed E-state index contributed by atoms with van der Waals surface area (Å²) in [5.74, 6) is 0.342. The van der Waals surface area contributed by atoms with E-state index in [9.17, 15) is 4.79 Å². The Balaban J connectivity index is 1.89. The van der Waals surface area contributed by atoms with Crippen LogP contribution in [-0.4, -0.2) is 41.4 Å². The fraction of sp³-hybridized carbons (Fsp3) is 0.522. The van der Waals surface area contributed by atoms with Gasteiger partial charge in [0.05, 0.1) is 6.54 Å². The lowest BCUT2D eigenvalue weighted by atomic mass is 9.93. The number of carbonyl (C=O) groups excluding carboxylic acids is 1. The molecule has 2 atom stereocenters. The van der Waals surface area contributed by atoms with Crippen molar-refractivity contribution in [2.24, 2.45) is 5.92 Å². The lowest BCUT2D eigenvalue weighted by molar-refractivity contribution is -0.138. The van der Waals surface area contributed by atoms with Crippen molar-refractivity contribution in [1.29, 1.82) is 0 Å². The van der Waals surface area contributed by atoms with Crippen LogP contribution in [0, 0.1) is 5.92 Å². The van der Waals surface area contributed by atoms with Crippen LogP contribution in [0.4, 0.5) is 0 Å². The Morgan fingerprint density at radius 3 is 2.67 bits per heavy atom. The van der Waals surface area contributed by atoms with Crippen molar-refractivity contribution in [3.05, 3.63) is 59.8 Å². The first-order valence-electron chi connectivity index (χ1n) is 9.95. The van der Waals surface area contributed by atoms with E-state index < -0.39 is 0 Å². The van der Waals surface area contributed by atoms with Crippen molar-refractivity contribution in [3.63, 3.8) is 0 Å². The standard InChI is InChI=1S/C23H33ClN2O/c1-5-22-12-8-16-26(22)20(4)17-25-15-7-11-21(23(25)27)10-6-9-18(2)13-14-19(3)24/h5-6,9,13-14,21-22H,1,4,7-8,10-12,15-17H2,2-3H3/b9-6+,18-13+,19-14+/t21-,22+/m0/s1. The van der Waals surface area contributed by atoms with Crippen LogP contribution >= 0.6 is 11.6 Å². The fourth-order valence-corrected chi connectivity index (χ4v) is 3.92. The molecule has 2 rings (SSSR count). The second-order valence-electron chi connectivity index (χ2n) is 7.61. The molecule has 0 radical (unpaired) electrons. The van der Waals surface area contributed by atoms with Crippen LogP contribution in [-0.2, 0) is 4.79 Å². The van der Waals surface area contributed by atoms with Gasteiger partial charge in [-0.25, -0.2) is 0 Å². The van der Waals surface area contributed by atoms with Crippen LogP contribution < -0.4 is 0 Å². The lowest BCUT2D eigenvalue weighted by Gasteiger charge is -2.35. The minimum atomic E-state index is 0.0784. The fourth-order valence-electron chi connectivity index (χ4n) is 3.86. The average molecular weight is 389 g/mol. The molecule has 4 heteroatoms. The molecular formula is C23H33ClN2O. The predicted octanol–water partition coefficient (Wildman–Crippen LogP) is 5.42. The van der Waals surface area contributed by atoms with Crippen LogP contribution in [0.15, 0.2) is 59.8 Å². The van der Waals surface area contributed by atoms with E-state index in [-0.39, 0.29) is 11.8 Å². The number of piperidine rings is 1. The predicted molar refractivity (Wildman–Crippen MR) is 115 cm³/mol. The number of likely N-dealkylation sites (tertiary alicyclic amines) is 2. The van der Waals surface area contributed by atoms with E-state index in [2.05, 4.69) is 30.2 Å². The Kier molecular flexibility index (Phi) is 8.43. The van der Waals surface area contributed by atoms with Gasteiger partial charge in [0.25, 0.3) is 0 Å². The molecule has 0 bridgehead atoms. The zero-order chi connectivity index (χ0) is 19.8. The highest BCUT2D eigenvalue weighted by Crippen LogP contribution is 2.26. The molecule has 3 nitrogen and oxygen atoms in total. The smallest absolute Gasteiger partial charge is 0.226 e. The molecule has 0 spiro atoms. The van der Waals surface area contributed by atoms with Gasteiger partial charge < -0.3 is 9.80 Å². The SMILES string of the molecule is C=C[C@@H]1CCCN1C(=C)CN1CCC[C@H](C/C=C/C(C)=C/C=C(\C)Cl)C1=O. The summed E-state index contributed by atoms with van der Waals surface area (Å²) in [6.07, 6.45) is 15.2. The highest BCUT2D eigenvalue weighted by molar-refractivity contribution is 6.29. The molecule has 27 heavy (non-hydrogen) atoms. The van der Waals surface area contributed by atoms with Gasteiger partial charge in [0.15, 0.2) is 0 Å². The van der Waals surface area contributed by atoms with Crippen LogP contribution in [0.3, 0.4) is 0 Å². The van der Waals surface area contributed by atoms with Crippen LogP contribution in [0.1, 0.15) is 46.0 Å². The molecular weight excluding hydrogens is 356 g/mol. The molecule has 2 fully saturated rings. The number of hydrogen-bond donors (Lipinski definition) is 0. The quantitative estimate of drug-likeness (QED) is 0.409. The maximum Gasteiger partial charge on any atom is 0.226 e. The van der Waals surface area contributed by atoms with Gasteiger partial charge >= 0.3 is 0 Å². The van der Waals surface area contributed by atoms with Gasteiger partial charge in [0, 0.05) is 35.8 Å². The summed E-state index contributed by atoms with van der Waals surface area (Å²) in [6.45, 7) is 14.6. The van der Waals surface area contributed by atoms with Crippen molar-refractivity contribution in [3.8, 4) is 0 Å². The molecule has 0 aromatic rings. The molecule has 2 saturated heterocycles. The first-order valence-corrected chi connectivity index (χ1v) is 10.3. The van der Waals surface area contributed by atoms with Crippen molar-refractivity contribution in [1.82, 2.24) is 9.80 Å². The van der Waals surface area contributed by atoms with Gasteiger partial charge in [-0.15, -0.1) is 6.58 Å². The van der Waals surface area contributed by atoms with Crippen molar-refractivity contribution in [2.45, 2.75) is 52.0 Å². The molecule has 1 amide bonds. The van der Waals surface area contributed by atoms with E-state index in [0.29, 0.717) is 12.6 Å². The average Bonchev–Trinajstić information content (AvgIpc) is 3.12. The molecule has 0 aromatic carbocycles. The van der Waals surface area contributed by atoms with Gasteiger partial charge in [0.2, 0.25) is 5.91 Å². The molecule has 0 aromatic heterocycles. The third kappa shape index (κ3) is 6.42. The molecule has 148 valence electrons. The number of carbonyl (C=O) groups is 1. The second-order valence-corrected chi connectivity index (χ2v) is 8.20. The Morgan fingerprint density at radius 1 is 1.22 bits per heavy atom. The largest absolute Gasteiger partial charge is 0.367 e. The first kappa shape index (κ1) is 21.6. The van der Waals surface area contributed by atoms with Crippen molar-refractivity contribution in [2.75, 3.05) is 19.6 Å². The van der Waals surface area contributed by atoms with Gasteiger partial charge in [-0.2, -0.15) is 0 Å². The molecule has 0 saturated carbocycles. The Labute approximate surface area is 169 Å². The third-order valence-corrected chi connectivity index (χ3v) is 5.50. The molecule has 2 heterocycles. The number of hydrogen-bond acceptors (Lipinski definition) is 2. The maximum atomic E-state index is 12.9. The summed E-state index contributed by atoms with van der Waals surface area (Å²) in [5.41, 5.74) is 2.18. The molecule has 2 aliphatic heterocycles. The maximum absolute atomic E-state index is 12.9. The normalized spacial score (nSPS) is 24.8. The Bertz CT molecular complexity index is 643. The second kappa shape index (κ2) is 10.6. The Morgan fingerprint density at radius 2 is 1.96 bits per heavy atom. The van der Waals surface area contributed by atoms with Crippen LogP contribution in [0.25, 0.3) is 0 Å². The molecule has 0 aliphatic carbocycles. The molecule has 0 N–H and O–H groups in total. The van der Waals surface area contributed by atoms with E-state index in [1.165, 1.54) is 6.42 Å². The van der Waals surface area contributed by atoms with E-state index in [1.54, 1.807) is 0 Å². The summed E-state index contributed by atoms with van der Waals surface area (Å²) in [6, 6.07) is 0.372. The highest BCUT2D eigenvalue weighted by atomic mass is 35.5. The molecule has 0 unspecified atom stereocenters. The monoisotopic (exact) mass is 388 g/mol. The van der Waals surface area contributed by atoms with Crippen LogP contribution in [0.2, 0.25) is 0 Å².